The van der Waals surface area contributed by atoms with Crippen LogP contribution >= 0.6 is 0 Å². The summed E-state index contributed by atoms with van der Waals surface area (Å²) < 4.78 is 10.7. The first-order valence-electron chi connectivity index (χ1n) is 6.13. The van der Waals surface area contributed by atoms with Crippen molar-refractivity contribution in [1.29, 1.82) is 5.26 Å². The van der Waals surface area contributed by atoms with Crippen molar-refractivity contribution in [3.05, 3.63) is 29.8 Å². The Balaban J connectivity index is 1.91. The van der Waals surface area contributed by atoms with Gasteiger partial charge in [-0.05, 0) is 31.0 Å². The van der Waals surface area contributed by atoms with E-state index in [0.717, 1.165) is 37.5 Å². The average molecular weight is 246 g/mol. The SMILES string of the molecule is CC1(NCc2cccc(OCC#N)c2)CCOC1. The number of nitrogens with one attached hydrogen (secondary N) is 1. The highest BCUT2D eigenvalue weighted by atomic mass is 16.5. The maximum absolute atomic E-state index is 8.48. The number of nitrogens with zero attached hydrogens (tertiary/aromatic N) is 1. The van der Waals surface area contributed by atoms with Crippen molar-refractivity contribution in [2.75, 3.05) is 19.8 Å². The van der Waals surface area contributed by atoms with Crippen LogP contribution in [0.15, 0.2) is 24.3 Å². The van der Waals surface area contributed by atoms with Gasteiger partial charge in [0.2, 0.25) is 0 Å². The first kappa shape index (κ1) is 12.9. The van der Waals surface area contributed by atoms with Gasteiger partial charge >= 0.3 is 0 Å². The molecule has 18 heavy (non-hydrogen) atoms. The number of hydrogen-bond donors (Lipinski definition) is 1. The average Bonchev–Trinajstić information content (AvgIpc) is 2.82. The van der Waals surface area contributed by atoms with Gasteiger partial charge in [0.1, 0.15) is 11.8 Å². The van der Waals surface area contributed by atoms with Crippen LogP contribution in [0.3, 0.4) is 0 Å². The summed E-state index contributed by atoms with van der Waals surface area (Å²) in [6, 6.07) is 9.78. The van der Waals surface area contributed by atoms with Crippen LogP contribution in [0.1, 0.15) is 18.9 Å². The van der Waals surface area contributed by atoms with Crippen molar-refractivity contribution in [2.24, 2.45) is 0 Å². The quantitative estimate of drug-likeness (QED) is 0.861. The largest absolute Gasteiger partial charge is 0.479 e. The topological polar surface area (TPSA) is 54.3 Å². The van der Waals surface area contributed by atoms with E-state index < -0.39 is 0 Å². The number of hydrogen-bond acceptors (Lipinski definition) is 4. The Hall–Kier alpha value is -1.57. The Morgan fingerprint density at radius 1 is 1.56 bits per heavy atom. The number of nitriles is 1. The van der Waals surface area contributed by atoms with Crippen LogP contribution < -0.4 is 10.1 Å². The standard InChI is InChI=1S/C14H18N2O2/c1-14(5-7-17-11-14)16-10-12-3-2-4-13(9-12)18-8-6-15/h2-4,9,16H,5,7-8,10-11H2,1H3. The van der Waals surface area contributed by atoms with Crippen LogP contribution in [-0.4, -0.2) is 25.4 Å². The van der Waals surface area contributed by atoms with Crippen molar-refractivity contribution in [2.45, 2.75) is 25.4 Å². The van der Waals surface area contributed by atoms with Crippen molar-refractivity contribution in [3.8, 4) is 11.8 Å². The molecule has 1 saturated heterocycles. The molecule has 1 N–H and O–H groups in total. The third-order valence-corrected chi connectivity index (χ3v) is 3.14. The summed E-state index contributed by atoms with van der Waals surface area (Å²) in [4.78, 5) is 0. The molecule has 1 aromatic rings. The highest BCUT2D eigenvalue weighted by Crippen LogP contribution is 2.19. The summed E-state index contributed by atoms with van der Waals surface area (Å²) in [7, 11) is 0. The second-order valence-corrected chi connectivity index (χ2v) is 4.81. The van der Waals surface area contributed by atoms with Crippen LogP contribution in [0.4, 0.5) is 0 Å². The van der Waals surface area contributed by atoms with Gasteiger partial charge in [0.05, 0.1) is 6.61 Å². The molecule has 0 aliphatic carbocycles. The molecule has 0 aromatic heterocycles. The molecule has 1 atom stereocenters. The summed E-state index contributed by atoms with van der Waals surface area (Å²) >= 11 is 0. The van der Waals surface area contributed by atoms with E-state index in [9.17, 15) is 0 Å². The summed E-state index contributed by atoms with van der Waals surface area (Å²) in [5.41, 5.74) is 1.22. The van der Waals surface area contributed by atoms with E-state index in [0.29, 0.717) is 0 Å². The molecule has 0 bridgehead atoms. The van der Waals surface area contributed by atoms with Crippen LogP contribution in [0.25, 0.3) is 0 Å². The summed E-state index contributed by atoms with van der Waals surface area (Å²) in [6.07, 6.45) is 1.04. The zero-order chi connectivity index (χ0) is 12.8. The fourth-order valence-electron chi connectivity index (χ4n) is 1.98. The molecule has 1 aromatic carbocycles. The molecule has 96 valence electrons. The zero-order valence-electron chi connectivity index (χ0n) is 10.6. The third-order valence-electron chi connectivity index (χ3n) is 3.14. The second kappa shape index (κ2) is 5.85. The number of ether oxygens (including phenoxy) is 2. The molecule has 1 aliphatic rings. The molecule has 2 rings (SSSR count). The molecule has 1 fully saturated rings. The normalized spacial score (nSPS) is 22.7. The molecule has 0 spiro atoms. The van der Waals surface area contributed by atoms with Gasteiger partial charge < -0.3 is 14.8 Å². The van der Waals surface area contributed by atoms with Gasteiger partial charge in [0.15, 0.2) is 6.61 Å². The Bertz CT molecular complexity index is 434. The molecule has 1 unspecified atom stereocenters. The van der Waals surface area contributed by atoms with Crippen molar-refractivity contribution >= 4 is 0 Å². The first-order chi connectivity index (χ1) is 8.72. The maximum Gasteiger partial charge on any atom is 0.174 e. The predicted molar refractivity (Wildman–Crippen MR) is 68.2 cm³/mol. The van der Waals surface area contributed by atoms with Gasteiger partial charge in [-0.2, -0.15) is 5.26 Å². The second-order valence-electron chi connectivity index (χ2n) is 4.81. The molecule has 0 radical (unpaired) electrons. The third kappa shape index (κ3) is 3.46. The molecule has 0 saturated carbocycles. The smallest absolute Gasteiger partial charge is 0.174 e. The molecule has 0 amide bonds. The van der Waals surface area contributed by atoms with Crippen LogP contribution in [0.5, 0.6) is 5.75 Å². The molecule has 1 heterocycles. The summed E-state index contributed by atoms with van der Waals surface area (Å²) in [5, 5.41) is 12.0. The van der Waals surface area contributed by atoms with Crippen molar-refractivity contribution in [3.63, 3.8) is 0 Å². The Kier molecular flexibility index (Phi) is 4.19. The molecular weight excluding hydrogens is 228 g/mol. The van der Waals surface area contributed by atoms with E-state index in [1.54, 1.807) is 0 Å². The van der Waals surface area contributed by atoms with E-state index in [1.807, 2.05) is 30.3 Å². The molecular formula is C14H18N2O2. The molecule has 4 nitrogen and oxygen atoms in total. The predicted octanol–water partition coefficient (Wildman–Crippen LogP) is 1.86. The van der Waals surface area contributed by atoms with Gasteiger partial charge in [-0.1, -0.05) is 12.1 Å². The van der Waals surface area contributed by atoms with Gasteiger partial charge in [0.25, 0.3) is 0 Å². The first-order valence-corrected chi connectivity index (χ1v) is 6.13. The lowest BCUT2D eigenvalue weighted by Crippen LogP contribution is -2.42. The highest BCUT2D eigenvalue weighted by Gasteiger charge is 2.28. The lowest BCUT2D eigenvalue weighted by atomic mass is 10.0. The van der Waals surface area contributed by atoms with E-state index in [4.69, 9.17) is 14.7 Å². The van der Waals surface area contributed by atoms with Gasteiger partial charge in [-0.3, -0.25) is 0 Å². The van der Waals surface area contributed by atoms with Gasteiger partial charge in [-0.25, -0.2) is 0 Å². The Morgan fingerprint density at radius 3 is 3.17 bits per heavy atom. The van der Waals surface area contributed by atoms with Crippen LogP contribution in [0, 0.1) is 11.3 Å². The number of benzene rings is 1. The van der Waals surface area contributed by atoms with Crippen LogP contribution in [-0.2, 0) is 11.3 Å². The molecule has 4 heteroatoms. The lowest BCUT2D eigenvalue weighted by Gasteiger charge is -2.23. The van der Waals surface area contributed by atoms with Crippen molar-refractivity contribution in [1.82, 2.24) is 5.32 Å². The Labute approximate surface area is 108 Å². The minimum atomic E-state index is 0.0729. The monoisotopic (exact) mass is 246 g/mol. The Morgan fingerprint density at radius 2 is 2.44 bits per heavy atom. The highest BCUT2D eigenvalue weighted by molar-refractivity contribution is 5.28. The van der Waals surface area contributed by atoms with E-state index >= 15 is 0 Å². The van der Waals surface area contributed by atoms with Crippen molar-refractivity contribution < 1.29 is 9.47 Å². The minimum absolute atomic E-state index is 0.0729. The minimum Gasteiger partial charge on any atom is -0.479 e. The summed E-state index contributed by atoms with van der Waals surface area (Å²) in [5.74, 6) is 0.740. The van der Waals surface area contributed by atoms with Gasteiger partial charge in [0, 0.05) is 18.7 Å². The van der Waals surface area contributed by atoms with Crippen LogP contribution in [0.2, 0.25) is 0 Å². The molecule has 1 aliphatic heterocycles. The van der Waals surface area contributed by atoms with E-state index in [2.05, 4.69) is 12.2 Å². The lowest BCUT2D eigenvalue weighted by molar-refractivity contribution is 0.171. The van der Waals surface area contributed by atoms with E-state index in [1.165, 1.54) is 0 Å². The van der Waals surface area contributed by atoms with E-state index in [-0.39, 0.29) is 12.1 Å². The summed E-state index contributed by atoms with van der Waals surface area (Å²) in [6.45, 7) is 4.63. The fraction of sp³-hybridized carbons (Fsp3) is 0.500. The van der Waals surface area contributed by atoms with Gasteiger partial charge in [-0.15, -0.1) is 0 Å². The number of rotatable bonds is 5. The fourth-order valence-corrected chi connectivity index (χ4v) is 1.98. The maximum atomic E-state index is 8.48. The zero-order valence-corrected chi connectivity index (χ0v) is 10.6.